The zero-order chi connectivity index (χ0) is 14.0. The molecule has 0 bridgehead atoms. The summed E-state index contributed by atoms with van der Waals surface area (Å²) in [6.45, 7) is 1.93. The van der Waals surface area contributed by atoms with Gasteiger partial charge in [-0.25, -0.2) is 0 Å². The molecular formula is C10H10N6O2S. The molecule has 0 unspecified atom stereocenters. The SMILES string of the molecule is Cc1nc(CNc2sc(C(N)=O)c(N)c2C#N)no1. The first-order chi connectivity index (χ1) is 9.02. The number of anilines is 2. The summed E-state index contributed by atoms with van der Waals surface area (Å²) in [6, 6.07) is 1.93. The molecule has 2 rings (SSSR count). The van der Waals surface area contributed by atoms with Crippen LogP contribution in [-0.4, -0.2) is 16.0 Å². The third kappa shape index (κ3) is 2.48. The number of nitrogens with two attached hydrogens (primary N) is 2. The number of thiophene rings is 1. The molecule has 9 heteroatoms. The monoisotopic (exact) mass is 278 g/mol. The van der Waals surface area contributed by atoms with Crippen molar-refractivity contribution in [1.82, 2.24) is 10.1 Å². The summed E-state index contributed by atoms with van der Waals surface area (Å²) in [5.74, 6) is 0.220. The molecule has 0 atom stereocenters. The maximum atomic E-state index is 11.2. The van der Waals surface area contributed by atoms with Gasteiger partial charge in [0, 0.05) is 6.92 Å². The Morgan fingerprint density at radius 3 is 2.89 bits per heavy atom. The quantitative estimate of drug-likeness (QED) is 0.742. The van der Waals surface area contributed by atoms with E-state index in [0.29, 0.717) is 16.7 Å². The minimum atomic E-state index is -0.664. The second kappa shape index (κ2) is 4.95. The maximum Gasteiger partial charge on any atom is 0.261 e. The lowest BCUT2D eigenvalue weighted by molar-refractivity contribution is 0.100. The standard InChI is InChI=1S/C10H10N6O2S/c1-4-15-6(16-18-4)3-14-10-5(2-11)7(12)8(19-10)9(13)17/h14H,3,12H2,1H3,(H2,13,17). The minimum Gasteiger partial charge on any atom is -0.396 e. The third-order valence-corrected chi connectivity index (χ3v) is 3.44. The van der Waals surface area contributed by atoms with E-state index in [9.17, 15) is 4.79 Å². The van der Waals surface area contributed by atoms with Gasteiger partial charge in [-0.1, -0.05) is 5.16 Å². The predicted molar refractivity (Wildman–Crippen MR) is 68.3 cm³/mol. The first kappa shape index (κ1) is 12.8. The van der Waals surface area contributed by atoms with Crippen molar-refractivity contribution in [3.8, 4) is 6.07 Å². The summed E-state index contributed by atoms with van der Waals surface area (Å²) in [7, 11) is 0. The lowest BCUT2D eigenvalue weighted by atomic mass is 10.2. The molecule has 0 radical (unpaired) electrons. The van der Waals surface area contributed by atoms with Crippen LogP contribution in [0.2, 0.25) is 0 Å². The van der Waals surface area contributed by atoms with Gasteiger partial charge in [0.25, 0.3) is 5.91 Å². The van der Waals surface area contributed by atoms with Crippen LogP contribution in [0.1, 0.15) is 27.0 Å². The zero-order valence-electron chi connectivity index (χ0n) is 9.93. The van der Waals surface area contributed by atoms with Crippen LogP contribution >= 0.6 is 11.3 Å². The van der Waals surface area contributed by atoms with Crippen LogP contribution in [-0.2, 0) is 6.54 Å². The molecule has 0 fully saturated rings. The van der Waals surface area contributed by atoms with Gasteiger partial charge in [0.15, 0.2) is 5.82 Å². The second-order valence-corrected chi connectivity index (χ2v) is 4.63. The zero-order valence-corrected chi connectivity index (χ0v) is 10.7. The van der Waals surface area contributed by atoms with E-state index < -0.39 is 5.91 Å². The number of aryl methyl sites for hydroxylation is 1. The highest BCUT2D eigenvalue weighted by Gasteiger charge is 2.19. The van der Waals surface area contributed by atoms with Gasteiger partial charge in [0.2, 0.25) is 5.89 Å². The number of amides is 1. The highest BCUT2D eigenvalue weighted by Crippen LogP contribution is 2.34. The summed E-state index contributed by atoms with van der Waals surface area (Å²) in [5, 5.41) is 16.1. The van der Waals surface area contributed by atoms with E-state index in [2.05, 4.69) is 15.5 Å². The number of nitrogens with zero attached hydrogens (tertiary/aromatic N) is 3. The highest BCUT2D eigenvalue weighted by atomic mass is 32.1. The van der Waals surface area contributed by atoms with Crippen molar-refractivity contribution in [2.45, 2.75) is 13.5 Å². The lowest BCUT2D eigenvalue weighted by Gasteiger charge is -1.99. The Morgan fingerprint density at radius 2 is 2.37 bits per heavy atom. The smallest absolute Gasteiger partial charge is 0.261 e. The van der Waals surface area contributed by atoms with Crippen molar-refractivity contribution >= 4 is 27.9 Å². The molecule has 2 heterocycles. The fourth-order valence-corrected chi connectivity index (χ4v) is 2.35. The van der Waals surface area contributed by atoms with Crippen molar-refractivity contribution in [2.75, 3.05) is 11.1 Å². The summed E-state index contributed by atoms with van der Waals surface area (Å²) >= 11 is 1.03. The maximum absolute atomic E-state index is 11.2. The van der Waals surface area contributed by atoms with Crippen molar-refractivity contribution in [1.29, 1.82) is 5.26 Å². The third-order valence-electron chi connectivity index (χ3n) is 2.26. The van der Waals surface area contributed by atoms with Crippen LogP contribution in [0.15, 0.2) is 4.52 Å². The number of nitrogens with one attached hydrogen (secondary N) is 1. The van der Waals surface area contributed by atoms with Gasteiger partial charge in [0.1, 0.15) is 21.5 Å². The topological polar surface area (TPSA) is 144 Å². The minimum absolute atomic E-state index is 0.0896. The van der Waals surface area contributed by atoms with E-state index in [4.69, 9.17) is 21.3 Å². The van der Waals surface area contributed by atoms with E-state index in [-0.39, 0.29) is 22.7 Å². The molecule has 98 valence electrons. The predicted octanol–water partition coefficient (Wildman–Crippen LogP) is 0.604. The summed E-state index contributed by atoms with van der Waals surface area (Å²) in [4.78, 5) is 15.3. The van der Waals surface area contributed by atoms with Crippen LogP contribution in [0.3, 0.4) is 0 Å². The number of carbonyl (C=O) groups excluding carboxylic acids is 1. The molecule has 0 aliphatic carbocycles. The highest BCUT2D eigenvalue weighted by molar-refractivity contribution is 7.18. The molecule has 0 aliphatic heterocycles. The molecule has 2 aromatic rings. The van der Waals surface area contributed by atoms with Gasteiger partial charge in [-0.3, -0.25) is 4.79 Å². The Bertz CT molecular complexity index is 668. The molecule has 1 amide bonds. The fraction of sp³-hybridized carbons (Fsp3) is 0.200. The Morgan fingerprint density at radius 1 is 1.63 bits per heavy atom. The van der Waals surface area contributed by atoms with Crippen molar-refractivity contribution < 1.29 is 9.32 Å². The van der Waals surface area contributed by atoms with Crippen molar-refractivity contribution in [3.05, 3.63) is 22.2 Å². The van der Waals surface area contributed by atoms with Crippen LogP contribution in [0.5, 0.6) is 0 Å². The lowest BCUT2D eigenvalue weighted by Crippen LogP contribution is -2.10. The van der Waals surface area contributed by atoms with Gasteiger partial charge in [-0.15, -0.1) is 11.3 Å². The summed E-state index contributed by atoms with van der Waals surface area (Å²) in [6.07, 6.45) is 0. The number of carbonyl (C=O) groups is 1. The molecular weight excluding hydrogens is 268 g/mol. The van der Waals surface area contributed by atoms with E-state index in [1.165, 1.54) is 0 Å². The molecule has 0 saturated heterocycles. The second-order valence-electron chi connectivity index (χ2n) is 3.61. The largest absolute Gasteiger partial charge is 0.396 e. The van der Waals surface area contributed by atoms with Crippen LogP contribution in [0, 0.1) is 18.3 Å². The number of primary amides is 1. The number of hydrogen-bond donors (Lipinski definition) is 3. The Balaban J connectivity index is 2.23. The average Bonchev–Trinajstić information content (AvgIpc) is 2.90. The molecule has 0 spiro atoms. The van der Waals surface area contributed by atoms with E-state index >= 15 is 0 Å². The van der Waals surface area contributed by atoms with Gasteiger partial charge in [0.05, 0.1) is 12.2 Å². The Labute approximate surface area is 112 Å². The number of hydrogen-bond acceptors (Lipinski definition) is 8. The first-order valence-corrected chi connectivity index (χ1v) is 5.99. The molecule has 0 saturated carbocycles. The molecule has 5 N–H and O–H groups in total. The van der Waals surface area contributed by atoms with E-state index in [1.807, 2.05) is 6.07 Å². The Hall–Kier alpha value is -2.60. The molecule has 2 aromatic heterocycles. The van der Waals surface area contributed by atoms with E-state index in [1.54, 1.807) is 6.92 Å². The average molecular weight is 278 g/mol. The van der Waals surface area contributed by atoms with Crippen LogP contribution in [0.4, 0.5) is 10.7 Å². The summed E-state index contributed by atoms with van der Waals surface area (Å²) in [5.41, 5.74) is 11.1. The fourth-order valence-electron chi connectivity index (χ4n) is 1.43. The van der Waals surface area contributed by atoms with Gasteiger partial charge in [-0.2, -0.15) is 10.2 Å². The van der Waals surface area contributed by atoms with Gasteiger partial charge < -0.3 is 21.3 Å². The van der Waals surface area contributed by atoms with Crippen LogP contribution < -0.4 is 16.8 Å². The van der Waals surface area contributed by atoms with Crippen molar-refractivity contribution in [2.24, 2.45) is 5.73 Å². The number of nitrogen functional groups attached to an aromatic ring is 1. The van der Waals surface area contributed by atoms with Gasteiger partial charge in [-0.05, 0) is 0 Å². The van der Waals surface area contributed by atoms with Crippen molar-refractivity contribution in [3.63, 3.8) is 0 Å². The normalized spacial score (nSPS) is 10.1. The molecule has 8 nitrogen and oxygen atoms in total. The van der Waals surface area contributed by atoms with E-state index in [0.717, 1.165) is 11.3 Å². The molecule has 0 aliphatic rings. The Kier molecular flexibility index (Phi) is 3.35. The number of rotatable bonds is 4. The van der Waals surface area contributed by atoms with Gasteiger partial charge >= 0.3 is 0 Å². The van der Waals surface area contributed by atoms with Crippen LogP contribution in [0.25, 0.3) is 0 Å². The summed E-state index contributed by atoms with van der Waals surface area (Å²) < 4.78 is 4.82. The molecule has 19 heavy (non-hydrogen) atoms. The number of nitriles is 1. The first-order valence-electron chi connectivity index (χ1n) is 5.18. The number of aromatic nitrogens is 2. The molecule has 0 aromatic carbocycles.